The molecule has 0 aliphatic heterocycles. The first kappa shape index (κ1) is 21.1. The van der Waals surface area contributed by atoms with E-state index >= 15 is 0 Å². The summed E-state index contributed by atoms with van der Waals surface area (Å²) < 4.78 is 22.1. The highest BCUT2D eigenvalue weighted by molar-refractivity contribution is 5.70. The largest absolute Gasteiger partial charge is 0.497 e. The maximum atomic E-state index is 5.87. The second-order valence-corrected chi connectivity index (χ2v) is 7.03. The first-order chi connectivity index (χ1) is 15.7. The fraction of sp³-hybridized carbons (Fsp3) is 0.0714. The van der Waals surface area contributed by atoms with E-state index < -0.39 is 0 Å². The third-order valence-electron chi connectivity index (χ3n) is 4.82. The van der Waals surface area contributed by atoms with Gasteiger partial charge in [-0.05, 0) is 83.9 Å². The van der Waals surface area contributed by atoms with Gasteiger partial charge in [0, 0.05) is 0 Å². The van der Waals surface area contributed by atoms with Gasteiger partial charge in [-0.1, -0.05) is 36.4 Å². The summed E-state index contributed by atoms with van der Waals surface area (Å²) in [6.45, 7) is 0. The second kappa shape index (κ2) is 10.2. The molecule has 0 N–H and O–H groups in total. The topological polar surface area (TPSA) is 36.9 Å². The Hall–Kier alpha value is -4.18. The summed E-state index contributed by atoms with van der Waals surface area (Å²) in [5, 5.41) is 0. The Balaban J connectivity index is 1.34. The summed E-state index contributed by atoms with van der Waals surface area (Å²) in [5.41, 5.74) is 2.18. The molecule has 32 heavy (non-hydrogen) atoms. The smallest absolute Gasteiger partial charge is 0.127 e. The third kappa shape index (κ3) is 5.70. The molecule has 0 bridgehead atoms. The van der Waals surface area contributed by atoms with E-state index in [0.29, 0.717) is 0 Å². The molecule has 160 valence electrons. The highest BCUT2D eigenvalue weighted by atomic mass is 16.5. The van der Waals surface area contributed by atoms with Crippen molar-refractivity contribution < 1.29 is 18.9 Å². The second-order valence-electron chi connectivity index (χ2n) is 7.03. The summed E-state index contributed by atoms with van der Waals surface area (Å²) in [6, 6.07) is 30.9. The summed E-state index contributed by atoms with van der Waals surface area (Å²) in [7, 11) is 3.29. The molecule has 0 saturated heterocycles. The Kier molecular flexibility index (Phi) is 6.73. The lowest BCUT2D eigenvalue weighted by molar-refractivity contribution is 0.413. The van der Waals surface area contributed by atoms with Crippen LogP contribution in [0.4, 0.5) is 0 Å². The van der Waals surface area contributed by atoms with E-state index in [2.05, 4.69) is 12.2 Å². The Morgan fingerprint density at radius 1 is 0.375 bits per heavy atom. The normalized spacial score (nSPS) is 10.7. The van der Waals surface area contributed by atoms with Crippen molar-refractivity contribution in [3.63, 3.8) is 0 Å². The van der Waals surface area contributed by atoms with Crippen LogP contribution in [-0.2, 0) is 0 Å². The molecule has 4 nitrogen and oxygen atoms in total. The van der Waals surface area contributed by atoms with Gasteiger partial charge < -0.3 is 18.9 Å². The minimum Gasteiger partial charge on any atom is -0.497 e. The quantitative estimate of drug-likeness (QED) is 0.275. The number of rotatable bonds is 8. The fourth-order valence-electron chi connectivity index (χ4n) is 3.05. The lowest BCUT2D eigenvalue weighted by Gasteiger charge is -2.07. The highest BCUT2D eigenvalue weighted by Gasteiger charge is 2.00. The average Bonchev–Trinajstić information content (AvgIpc) is 2.85. The number of ether oxygens (including phenoxy) is 4. The molecule has 0 unspecified atom stereocenters. The van der Waals surface area contributed by atoms with Crippen molar-refractivity contribution in [1.29, 1.82) is 0 Å². The van der Waals surface area contributed by atoms with E-state index in [1.165, 1.54) is 0 Å². The van der Waals surface area contributed by atoms with Gasteiger partial charge >= 0.3 is 0 Å². The van der Waals surface area contributed by atoms with Gasteiger partial charge in [-0.25, -0.2) is 0 Å². The lowest BCUT2D eigenvalue weighted by atomic mass is 10.1. The zero-order valence-corrected chi connectivity index (χ0v) is 18.0. The number of hydrogen-bond donors (Lipinski definition) is 0. The molecule has 0 aliphatic carbocycles. The molecule has 0 spiro atoms. The lowest BCUT2D eigenvalue weighted by Crippen LogP contribution is -1.86. The molecular formula is C28H24O4. The van der Waals surface area contributed by atoms with Crippen LogP contribution >= 0.6 is 0 Å². The van der Waals surface area contributed by atoms with Crippen LogP contribution in [0.15, 0.2) is 97.1 Å². The van der Waals surface area contributed by atoms with Crippen LogP contribution < -0.4 is 18.9 Å². The van der Waals surface area contributed by atoms with Crippen molar-refractivity contribution in [2.75, 3.05) is 14.2 Å². The molecule has 4 rings (SSSR count). The number of hydrogen-bond acceptors (Lipinski definition) is 4. The molecule has 0 radical (unpaired) electrons. The summed E-state index contributed by atoms with van der Waals surface area (Å²) in [4.78, 5) is 0. The van der Waals surface area contributed by atoms with E-state index in [-0.39, 0.29) is 0 Å². The molecular weight excluding hydrogens is 400 g/mol. The van der Waals surface area contributed by atoms with E-state index in [0.717, 1.165) is 45.6 Å². The maximum Gasteiger partial charge on any atom is 0.127 e. The predicted molar refractivity (Wildman–Crippen MR) is 128 cm³/mol. The van der Waals surface area contributed by atoms with Crippen LogP contribution in [0.3, 0.4) is 0 Å². The third-order valence-corrected chi connectivity index (χ3v) is 4.82. The number of methoxy groups -OCH3 is 2. The van der Waals surface area contributed by atoms with Gasteiger partial charge in [0.05, 0.1) is 14.2 Å². The summed E-state index contributed by atoms with van der Waals surface area (Å²) in [5.74, 6) is 4.72. The van der Waals surface area contributed by atoms with Gasteiger partial charge in [0.15, 0.2) is 0 Å². The van der Waals surface area contributed by atoms with Gasteiger partial charge in [0.25, 0.3) is 0 Å². The number of benzene rings is 4. The van der Waals surface area contributed by atoms with Crippen LogP contribution in [0.5, 0.6) is 34.5 Å². The van der Waals surface area contributed by atoms with E-state index in [1.54, 1.807) is 14.2 Å². The van der Waals surface area contributed by atoms with Gasteiger partial charge in [0.2, 0.25) is 0 Å². The van der Waals surface area contributed by atoms with Gasteiger partial charge in [-0.15, -0.1) is 0 Å². The molecule has 4 aromatic carbocycles. The SMILES string of the molecule is COc1ccc(Oc2ccc(/C=C/c3ccc(Oc4ccc(OC)cc4)cc3)cc2)cc1. The van der Waals surface area contributed by atoms with Gasteiger partial charge in [-0.3, -0.25) is 0 Å². The van der Waals surface area contributed by atoms with Crippen LogP contribution in [0.2, 0.25) is 0 Å². The molecule has 0 saturated carbocycles. The van der Waals surface area contributed by atoms with Gasteiger partial charge in [0.1, 0.15) is 34.5 Å². The van der Waals surface area contributed by atoms with E-state index in [1.807, 2.05) is 97.1 Å². The average molecular weight is 424 g/mol. The minimum atomic E-state index is 0.769. The zero-order chi connectivity index (χ0) is 22.2. The van der Waals surface area contributed by atoms with E-state index in [9.17, 15) is 0 Å². The van der Waals surface area contributed by atoms with Crippen molar-refractivity contribution >= 4 is 12.2 Å². The van der Waals surface area contributed by atoms with Crippen molar-refractivity contribution in [2.45, 2.75) is 0 Å². The molecule has 4 aromatic rings. The molecule has 0 fully saturated rings. The molecule has 0 atom stereocenters. The zero-order valence-electron chi connectivity index (χ0n) is 18.0. The van der Waals surface area contributed by atoms with Crippen LogP contribution in [-0.4, -0.2) is 14.2 Å². The molecule has 0 aliphatic rings. The first-order valence-corrected chi connectivity index (χ1v) is 10.2. The van der Waals surface area contributed by atoms with Crippen LogP contribution in [0.25, 0.3) is 12.2 Å². The Morgan fingerprint density at radius 3 is 0.906 bits per heavy atom. The van der Waals surface area contributed by atoms with Crippen molar-refractivity contribution in [3.8, 4) is 34.5 Å². The summed E-state index contributed by atoms with van der Waals surface area (Å²) >= 11 is 0. The standard InChI is InChI=1S/C28H24O4/c1-29-23-13-17-27(18-14-23)31-25-9-5-21(6-10-25)3-4-22-7-11-26(12-8-22)32-28-19-15-24(30-2)16-20-28/h3-20H,1-2H3/b4-3+. The first-order valence-electron chi connectivity index (χ1n) is 10.2. The fourth-order valence-corrected chi connectivity index (χ4v) is 3.05. The summed E-state index contributed by atoms with van der Waals surface area (Å²) in [6.07, 6.45) is 4.13. The predicted octanol–water partition coefficient (Wildman–Crippen LogP) is 7.46. The maximum absolute atomic E-state index is 5.87. The van der Waals surface area contributed by atoms with Crippen molar-refractivity contribution in [2.24, 2.45) is 0 Å². The molecule has 0 aromatic heterocycles. The minimum absolute atomic E-state index is 0.769. The highest BCUT2D eigenvalue weighted by Crippen LogP contribution is 2.26. The van der Waals surface area contributed by atoms with Crippen LogP contribution in [0, 0.1) is 0 Å². The van der Waals surface area contributed by atoms with Crippen molar-refractivity contribution in [3.05, 3.63) is 108 Å². The molecule has 4 heteroatoms. The Bertz CT molecular complexity index is 1050. The Labute approximate surface area is 188 Å². The van der Waals surface area contributed by atoms with Gasteiger partial charge in [-0.2, -0.15) is 0 Å². The molecule has 0 amide bonds. The van der Waals surface area contributed by atoms with E-state index in [4.69, 9.17) is 18.9 Å². The van der Waals surface area contributed by atoms with Crippen molar-refractivity contribution in [1.82, 2.24) is 0 Å². The molecule has 0 heterocycles. The Morgan fingerprint density at radius 2 is 0.625 bits per heavy atom. The monoisotopic (exact) mass is 424 g/mol. The van der Waals surface area contributed by atoms with Crippen LogP contribution in [0.1, 0.15) is 11.1 Å².